The normalized spacial score (nSPS) is 18.6. The van der Waals surface area contributed by atoms with Gasteiger partial charge in [-0.15, -0.1) is 0 Å². The first kappa shape index (κ1) is 16.4. The molecule has 3 rings (SSSR count). The molecule has 8 heteroatoms. The molecule has 0 unspecified atom stereocenters. The lowest BCUT2D eigenvalue weighted by molar-refractivity contribution is -0.233. The first-order valence-electron chi connectivity index (χ1n) is 7.30. The van der Waals surface area contributed by atoms with Gasteiger partial charge in [-0.2, -0.15) is 13.2 Å². The molecule has 1 amide bonds. The molecule has 2 heterocycles. The maximum atomic E-state index is 12.8. The van der Waals surface area contributed by atoms with Crippen LogP contribution in [-0.2, 0) is 4.74 Å². The van der Waals surface area contributed by atoms with Gasteiger partial charge in [0.05, 0.1) is 18.7 Å². The molecule has 0 spiro atoms. The first-order chi connectivity index (χ1) is 11.4. The van der Waals surface area contributed by atoms with Crippen LogP contribution in [0.4, 0.5) is 13.2 Å². The van der Waals surface area contributed by atoms with Gasteiger partial charge >= 0.3 is 6.18 Å². The van der Waals surface area contributed by atoms with Crippen LogP contribution in [-0.4, -0.2) is 52.5 Å². The summed E-state index contributed by atoms with van der Waals surface area (Å²) in [5.41, 5.74) is 0.589. The Morgan fingerprint density at radius 2 is 1.96 bits per heavy atom. The van der Waals surface area contributed by atoms with Crippen molar-refractivity contribution in [3.63, 3.8) is 0 Å². The van der Waals surface area contributed by atoms with Gasteiger partial charge in [0.1, 0.15) is 5.75 Å². The Balaban J connectivity index is 1.85. The number of hydrogen-bond donors (Lipinski definition) is 1. The van der Waals surface area contributed by atoms with Crippen molar-refractivity contribution >= 4 is 5.91 Å². The van der Waals surface area contributed by atoms with Crippen LogP contribution in [0, 0.1) is 0 Å². The molecule has 5 nitrogen and oxygen atoms in total. The van der Waals surface area contributed by atoms with Crippen molar-refractivity contribution in [3.05, 3.63) is 48.3 Å². The molecule has 1 aliphatic rings. The van der Waals surface area contributed by atoms with Crippen LogP contribution in [0.1, 0.15) is 10.4 Å². The molecule has 1 saturated heterocycles. The highest BCUT2D eigenvalue weighted by atomic mass is 19.4. The molecule has 0 aliphatic carbocycles. The molecule has 1 aromatic heterocycles. The van der Waals surface area contributed by atoms with Gasteiger partial charge in [-0.05, 0) is 30.3 Å². The molecule has 2 aromatic rings. The van der Waals surface area contributed by atoms with E-state index >= 15 is 0 Å². The van der Waals surface area contributed by atoms with Crippen molar-refractivity contribution in [3.8, 4) is 11.4 Å². The third kappa shape index (κ3) is 3.23. The van der Waals surface area contributed by atoms with E-state index in [4.69, 9.17) is 0 Å². The van der Waals surface area contributed by atoms with Gasteiger partial charge in [-0.3, -0.25) is 4.79 Å². The summed E-state index contributed by atoms with van der Waals surface area (Å²) in [6, 6.07) is 8.01. The average Bonchev–Trinajstić information content (AvgIpc) is 3.08. The standard InChI is InChI=1S/C16H15F3N2O3/c17-16(18,19)14-10-21(7-8-24-14)15(23)12-9-11(3-4-13(12)22)20-5-1-2-6-20/h1-6,9,14,22H,7-8,10H2/t14-/m1/s1. The van der Waals surface area contributed by atoms with Crippen LogP contribution in [0.15, 0.2) is 42.7 Å². The number of benzene rings is 1. The lowest BCUT2D eigenvalue weighted by Crippen LogP contribution is -2.51. The zero-order valence-electron chi connectivity index (χ0n) is 12.5. The Hall–Kier alpha value is -2.48. The zero-order chi connectivity index (χ0) is 17.3. The summed E-state index contributed by atoms with van der Waals surface area (Å²) in [4.78, 5) is 13.6. The maximum absolute atomic E-state index is 12.8. The predicted molar refractivity (Wildman–Crippen MR) is 79.1 cm³/mol. The summed E-state index contributed by atoms with van der Waals surface area (Å²) in [5.74, 6) is -0.926. The summed E-state index contributed by atoms with van der Waals surface area (Å²) in [6.45, 7) is -0.748. The Bertz CT molecular complexity index is 729. The molecular formula is C16H15F3N2O3. The van der Waals surface area contributed by atoms with Gasteiger partial charge in [0.25, 0.3) is 5.91 Å². The summed E-state index contributed by atoms with van der Waals surface area (Å²) >= 11 is 0. The minimum absolute atomic E-state index is 0.0379. The highest BCUT2D eigenvalue weighted by Gasteiger charge is 2.44. The molecule has 1 aliphatic heterocycles. The number of phenols is 1. The molecule has 1 fully saturated rings. The monoisotopic (exact) mass is 340 g/mol. The second kappa shape index (κ2) is 6.20. The van der Waals surface area contributed by atoms with Crippen LogP contribution in [0.2, 0.25) is 0 Å². The lowest BCUT2D eigenvalue weighted by atomic mass is 10.1. The first-order valence-corrected chi connectivity index (χ1v) is 7.30. The number of nitrogens with zero attached hydrogens (tertiary/aromatic N) is 2. The Labute approximate surface area is 135 Å². The highest BCUT2D eigenvalue weighted by Crippen LogP contribution is 2.28. The van der Waals surface area contributed by atoms with E-state index in [0.29, 0.717) is 5.69 Å². The molecule has 0 radical (unpaired) electrons. The van der Waals surface area contributed by atoms with Gasteiger partial charge in [-0.1, -0.05) is 0 Å². The Morgan fingerprint density at radius 1 is 1.25 bits per heavy atom. The number of amides is 1. The van der Waals surface area contributed by atoms with Gasteiger partial charge in [-0.25, -0.2) is 0 Å². The highest BCUT2D eigenvalue weighted by molar-refractivity contribution is 5.97. The number of ether oxygens (including phenoxy) is 1. The van der Waals surface area contributed by atoms with Crippen LogP contribution in [0.3, 0.4) is 0 Å². The molecule has 1 aromatic carbocycles. The van der Waals surface area contributed by atoms with Gasteiger partial charge in [0.2, 0.25) is 0 Å². The zero-order valence-corrected chi connectivity index (χ0v) is 12.5. The van der Waals surface area contributed by atoms with Crippen LogP contribution in [0.25, 0.3) is 5.69 Å². The fourth-order valence-electron chi connectivity index (χ4n) is 2.56. The fraction of sp³-hybridized carbons (Fsp3) is 0.312. The maximum Gasteiger partial charge on any atom is 0.416 e. The number of carbonyl (C=O) groups is 1. The number of aromatic hydroxyl groups is 1. The number of alkyl halides is 3. The van der Waals surface area contributed by atoms with E-state index in [0.717, 1.165) is 4.90 Å². The summed E-state index contributed by atoms with van der Waals surface area (Å²) < 4.78 is 44.8. The smallest absolute Gasteiger partial charge is 0.416 e. The third-order valence-corrected chi connectivity index (χ3v) is 3.83. The third-order valence-electron chi connectivity index (χ3n) is 3.83. The number of morpholine rings is 1. The molecule has 0 saturated carbocycles. The van der Waals surface area contributed by atoms with E-state index < -0.39 is 24.7 Å². The molecule has 24 heavy (non-hydrogen) atoms. The van der Waals surface area contributed by atoms with Crippen molar-refractivity contribution in [1.82, 2.24) is 9.47 Å². The SMILES string of the molecule is O=C(c1cc(-n2cccc2)ccc1O)N1CCO[C@@H](C(F)(F)F)C1. The topological polar surface area (TPSA) is 54.7 Å². The minimum Gasteiger partial charge on any atom is -0.507 e. The quantitative estimate of drug-likeness (QED) is 0.914. The van der Waals surface area contributed by atoms with Gasteiger partial charge in [0.15, 0.2) is 6.10 Å². The second-order valence-electron chi connectivity index (χ2n) is 5.44. The molecule has 1 atom stereocenters. The lowest BCUT2D eigenvalue weighted by Gasteiger charge is -2.34. The predicted octanol–water partition coefficient (Wildman–Crippen LogP) is 2.59. The van der Waals surface area contributed by atoms with Crippen molar-refractivity contribution in [1.29, 1.82) is 0 Å². The van der Waals surface area contributed by atoms with Crippen LogP contribution < -0.4 is 0 Å². The van der Waals surface area contributed by atoms with Crippen molar-refractivity contribution in [2.45, 2.75) is 12.3 Å². The number of halogens is 3. The number of phenolic OH excluding ortho intramolecular Hbond substituents is 1. The van der Waals surface area contributed by atoms with E-state index in [1.54, 1.807) is 35.2 Å². The summed E-state index contributed by atoms with van der Waals surface area (Å²) in [6.07, 6.45) is -3.03. The minimum atomic E-state index is -4.53. The number of hydrogen-bond acceptors (Lipinski definition) is 3. The Morgan fingerprint density at radius 3 is 2.62 bits per heavy atom. The van der Waals surface area contributed by atoms with Gasteiger partial charge < -0.3 is 19.3 Å². The molecular weight excluding hydrogens is 325 g/mol. The van der Waals surface area contributed by atoms with Crippen molar-refractivity contribution in [2.24, 2.45) is 0 Å². The summed E-state index contributed by atoms with van der Waals surface area (Å²) in [5, 5.41) is 9.95. The van der Waals surface area contributed by atoms with Crippen molar-refractivity contribution in [2.75, 3.05) is 19.7 Å². The van der Waals surface area contributed by atoms with E-state index in [-0.39, 0.29) is 24.5 Å². The fourth-order valence-corrected chi connectivity index (χ4v) is 2.56. The molecule has 128 valence electrons. The average molecular weight is 340 g/mol. The van der Waals surface area contributed by atoms with E-state index in [1.165, 1.54) is 12.1 Å². The largest absolute Gasteiger partial charge is 0.507 e. The Kier molecular flexibility index (Phi) is 4.23. The summed E-state index contributed by atoms with van der Waals surface area (Å²) in [7, 11) is 0. The number of rotatable bonds is 2. The van der Waals surface area contributed by atoms with E-state index in [9.17, 15) is 23.1 Å². The van der Waals surface area contributed by atoms with E-state index in [2.05, 4.69) is 4.74 Å². The van der Waals surface area contributed by atoms with Crippen molar-refractivity contribution < 1.29 is 27.8 Å². The molecule has 1 N–H and O–H groups in total. The molecule has 0 bridgehead atoms. The van der Waals surface area contributed by atoms with Gasteiger partial charge in [0, 0.05) is 24.6 Å². The number of carbonyl (C=O) groups excluding carboxylic acids is 1. The van der Waals surface area contributed by atoms with Crippen LogP contribution in [0.5, 0.6) is 5.75 Å². The second-order valence-corrected chi connectivity index (χ2v) is 5.44. The number of aromatic nitrogens is 1. The van der Waals surface area contributed by atoms with E-state index in [1.807, 2.05) is 0 Å². The van der Waals surface area contributed by atoms with Crippen LogP contribution >= 0.6 is 0 Å².